The van der Waals surface area contributed by atoms with E-state index in [0.29, 0.717) is 114 Å². The maximum atomic E-state index is 6.75. The standard InChI is InChI=1S/C60H42N8O4/c1-33-17-5-9-25-41(33)69-45-29-13-21-37-49(45)57-61-53(37)66-58-51-39(23-15-31-47(51)71-43-27-11-7-19-35(43)3)55(63-58)68-60-52-40(24-16-32-48(52)72-44-28-12-8-20-36(44)4)56(64-60)67-59-50-38(54(62-59)65-57)22-14-30-46(50)70-42-26-10-6-18-34(42)2/h5-32H,1-4H3,(H2,61,62,63,64,65,66,67,68). The van der Waals surface area contributed by atoms with Crippen molar-refractivity contribution in [3.8, 4) is 91.5 Å². The number of hydrogen-bond donors (Lipinski definition) is 2. The van der Waals surface area contributed by atoms with Gasteiger partial charge in [0.1, 0.15) is 68.6 Å². The van der Waals surface area contributed by atoms with Crippen LogP contribution in [0.1, 0.15) is 22.3 Å². The smallest absolute Gasteiger partial charge is 0.168 e. The summed E-state index contributed by atoms with van der Waals surface area (Å²) in [6, 6.07) is 55.2. The second kappa shape index (κ2) is 17.1. The molecule has 13 rings (SSSR count). The summed E-state index contributed by atoms with van der Waals surface area (Å²) < 4.78 is 27.0. The van der Waals surface area contributed by atoms with Crippen LogP contribution in [-0.4, -0.2) is 39.9 Å². The van der Waals surface area contributed by atoms with E-state index in [9.17, 15) is 0 Å². The molecular weight excluding hydrogens is 897 g/mol. The largest absolute Gasteiger partial charge is 0.456 e. The zero-order valence-electron chi connectivity index (χ0n) is 39.5. The van der Waals surface area contributed by atoms with E-state index in [0.717, 1.165) is 44.2 Å². The van der Waals surface area contributed by atoms with Crippen molar-refractivity contribution >= 4 is 44.1 Å². The van der Waals surface area contributed by atoms with E-state index >= 15 is 0 Å². The highest BCUT2D eigenvalue weighted by Gasteiger charge is 2.28. The Kier molecular flexibility index (Phi) is 10.1. The van der Waals surface area contributed by atoms with Gasteiger partial charge in [-0.2, -0.15) is 0 Å². The van der Waals surface area contributed by atoms with Crippen LogP contribution in [0.2, 0.25) is 0 Å². The van der Waals surface area contributed by atoms with E-state index in [1.54, 1.807) is 0 Å². The molecule has 12 nitrogen and oxygen atoms in total. The first-order valence-electron chi connectivity index (χ1n) is 23.6. The van der Waals surface area contributed by atoms with Crippen LogP contribution in [0, 0.1) is 27.7 Å². The number of aryl methyl sites for hydroxylation is 4. The number of rotatable bonds is 8. The fraction of sp³-hybridized carbons (Fsp3) is 0.0667. The number of ether oxygens (including phenoxy) is 4. The van der Waals surface area contributed by atoms with Crippen molar-refractivity contribution < 1.29 is 18.9 Å². The Morgan fingerprint density at radius 3 is 0.958 bits per heavy atom. The molecule has 11 aromatic rings. The molecule has 0 spiro atoms. The second-order valence-electron chi connectivity index (χ2n) is 17.8. The van der Waals surface area contributed by atoms with Crippen LogP contribution in [0.3, 0.4) is 0 Å². The lowest BCUT2D eigenvalue weighted by molar-refractivity contribution is 0.480. The Bertz CT molecular complexity index is 3930. The highest BCUT2D eigenvalue weighted by molar-refractivity contribution is 6.10. The number of aromatic nitrogens is 8. The normalized spacial score (nSPS) is 11.6. The summed E-state index contributed by atoms with van der Waals surface area (Å²) >= 11 is 0. The number of nitrogens with zero attached hydrogens (tertiary/aromatic N) is 6. The minimum Gasteiger partial charge on any atom is -0.456 e. The van der Waals surface area contributed by atoms with Gasteiger partial charge in [0.2, 0.25) is 0 Å². The lowest BCUT2D eigenvalue weighted by Gasteiger charge is -2.12. The molecular formula is C60H42N8O4. The zero-order chi connectivity index (χ0) is 48.5. The molecule has 0 atom stereocenters. The van der Waals surface area contributed by atoms with Crippen molar-refractivity contribution in [3.05, 3.63) is 192 Å². The number of fused-ring (bicyclic) bond motifs is 20. The van der Waals surface area contributed by atoms with Gasteiger partial charge in [-0.25, -0.2) is 29.9 Å². The van der Waals surface area contributed by atoms with Crippen molar-refractivity contribution in [1.29, 1.82) is 0 Å². The summed E-state index contributed by atoms with van der Waals surface area (Å²) in [5, 5.41) is 2.89. The van der Waals surface area contributed by atoms with Gasteiger partial charge in [0.25, 0.3) is 0 Å². The zero-order valence-corrected chi connectivity index (χ0v) is 39.5. The highest BCUT2D eigenvalue weighted by atomic mass is 16.5. The first kappa shape index (κ1) is 42.4. The van der Waals surface area contributed by atoms with Crippen LogP contribution < -0.4 is 18.9 Å². The quantitative estimate of drug-likeness (QED) is 0.151. The topological polar surface area (TPSA) is 146 Å². The average molecular weight is 939 g/mol. The Labute approximate surface area is 412 Å². The first-order chi connectivity index (χ1) is 35.3. The summed E-state index contributed by atoms with van der Waals surface area (Å²) in [5.74, 6) is 6.70. The fourth-order valence-corrected chi connectivity index (χ4v) is 9.36. The minimum absolute atomic E-state index is 0.384. The third-order valence-corrected chi connectivity index (χ3v) is 13.0. The van der Waals surface area contributed by atoms with Crippen molar-refractivity contribution in [2.24, 2.45) is 0 Å². The molecule has 0 saturated heterocycles. The Hall–Kier alpha value is -9.68. The van der Waals surface area contributed by atoms with Crippen LogP contribution in [0.25, 0.3) is 89.7 Å². The molecule has 0 fully saturated rings. The van der Waals surface area contributed by atoms with Gasteiger partial charge in [-0.1, -0.05) is 121 Å². The molecule has 8 bridgehead atoms. The maximum Gasteiger partial charge on any atom is 0.168 e. The Morgan fingerprint density at radius 1 is 0.278 bits per heavy atom. The molecule has 3 aromatic heterocycles. The molecule has 2 aliphatic heterocycles. The van der Waals surface area contributed by atoms with Crippen molar-refractivity contribution in [2.75, 3.05) is 0 Å². The van der Waals surface area contributed by atoms with Crippen LogP contribution in [0.5, 0.6) is 46.0 Å². The molecule has 0 radical (unpaired) electrons. The van der Waals surface area contributed by atoms with Gasteiger partial charge in [-0.15, -0.1) is 0 Å². The van der Waals surface area contributed by atoms with Crippen LogP contribution in [0.15, 0.2) is 170 Å². The number of benzene rings is 8. The summed E-state index contributed by atoms with van der Waals surface area (Å²) in [6.07, 6.45) is 0. The number of aromatic amines is 2. The van der Waals surface area contributed by atoms with E-state index in [1.165, 1.54) is 0 Å². The first-order valence-corrected chi connectivity index (χ1v) is 23.6. The van der Waals surface area contributed by atoms with Crippen LogP contribution >= 0.6 is 0 Å². The van der Waals surface area contributed by atoms with E-state index < -0.39 is 0 Å². The fourth-order valence-electron chi connectivity index (χ4n) is 9.36. The highest BCUT2D eigenvalue weighted by Crippen LogP contribution is 2.46. The predicted octanol–water partition coefficient (Wildman–Crippen LogP) is 15.3. The monoisotopic (exact) mass is 938 g/mol. The van der Waals surface area contributed by atoms with Crippen LogP contribution in [-0.2, 0) is 0 Å². The molecule has 346 valence electrons. The average Bonchev–Trinajstić information content (AvgIpc) is 4.14. The minimum atomic E-state index is 0.384. The summed E-state index contributed by atoms with van der Waals surface area (Å²) in [7, 11) is 0. The molecule has 0 unspecified atom stereocenters. The Balaban J connectivity index is 1.15. The third kappa shape index (κ3) is 7.32. The summed E-state index contributed by atoms with van der Waals surface area (Å²) in [5.41, 5.74) is 8.63. The Morgan fingerprint density at radius 2 is 0.583 bits per heavy atom. The third-order valence-electron chi connectivity index (χ3n) is 13.0. The van der Waals surface area contributed by atoms with E-state index in [2.05, 4.69) is 9.97 Å². The number of nitrogens with one attached hydrogen (secondary N) is 2. The van der Waals surface area contributed by atoms with E-state index in [4.69, 9.17) is 48.9 Å². The SMILES string of the molecule is Cc1ccccc1Oc1cccc2c1-c1nc-2nc2[nH]c(nc3nc(nc4[nH]c(n1)c1cccc(Oc5ccccc5C)c41)-c1cccc(Oc4ccccc4C)c1-3)c1cccc(Oc3ccccc3C)c21. The molecule has 8 aromatic carbocycles. The van der Waals surface area contributed by atoms with Gasteiger partial charge in [-0.05, 0) is 98.5 Å². The van der Waals surface area contributed by atoms with Gasteiger partial charge in [0.05, 0.1) is 21.9 Å². The van der Waals surface area contributed by atoms with Gasteiger partial charge < -0.3 is 28.9 Å². The van der Waals surface area contributed by atoms with Crippen molar-refractivity contribution in [3.63, 3.8) is 0 Å². The molecule has 2 aliphatic rings. The maximum absolute atomic E-state index is 6.75. The number of hydrogen-bond acceptors (Lipinski definition) is 10. The van der Waals surface area contributed by atoms with E-state index in [-0.39, 0.29) is 0 Å². The van der Waals surface area contributed by atoms with Gasteiger partial charge in [0, 0.05) is 21.9 Å². The number of para-hydroxylation sites is 4. The molecule has 2 N–H and O–H groups in total. The molecule has 0 amide bonds. The second-order valence-corrected chi connectivity index (χ2v) is 17.8. The lowest BCUT2D eigenvalue weighted by Crippen LogP contribution is -1.92. The summed E-state index contributed by atoms with van der Waals surface area (Å²) in [6.45, 7) is 8.08. The predicted molar refractivity (Wildman–Crippen MR) is 281 cm³/mol. The van der Waals surface area contributed by atoms with E-state index in [1.807, 2.05) is 198 Å². The van der Waals surface area contributed by atoms with Gasteiger partial charge in [0.15, 0.2) is 23.3 Å². The van der Waals surface area contributed by atoms with Crippen molar-refractivity contribution in [2.45, 2.75) is 27.7 Å². The molecule has 0 aliphatic carbocycles. The van der Waals surface area contributed by atoms with Gasteiger partial charge >= 0.3 is 0 Å². The molecule has 5 heterocycles. The molecule has 12 heteroatoms. The molecule has 0 saturated carbocycles. The lowest BCUT2D eigenvalue weighted by atomic mass is 10.1. The van der Waals surface area contributed by atoms with Crippen molar-refractivity contribution in [1.82, 2.24) is 39.9 Å². The summed E-state index contributed by atoms with van der Waals surface area (Å²) in [4.78, 5) is 39.2. The van der Waals surface area contributed by atoms with Crippen LogP contribution in [0.4, 0.5) is 0 Å². The number of H-pyrrole nitrogens is 2. The van der Waals surface area contributed by atoms with Gasteiger partial charge in [-0.3, -0.25) is 0 Å². The molecule has 72 heavy (non-hydrogen) atoms.